The first-order chi connectivity index (χ1) is 11.0. The van der Waals surface area contributed by atoms with Crippen LogP contribution < -0.4 is 10.6 Å². The quantitative estimate of drug-likeness (QED) is 0.834. The maximum Gasteiger partial charge on any atom is 0.268 e. The van der Waals surface area contributed by atoms with Gasteiger partial charge in [0.05, 0.1) is 6.26 Å². The van der Waals surface area contributed by atoms with Crippen molar-refractivity contribution in [2.24, 2.45) is 0 Å². The first-order valence-corrected chi connectivity index (χ1v) is 7.40. The zero-order valence-electron chi connectivity index (χ0n) is 13.4. The lowest BCUT2D eigenvalue weighted by atomic mass is 10.1. The Bertz CT molecular complexity index is 716. The minimum Gasteiger partial charge on any atom is -0.465 e. The van der Waals surface area contributed by atoms with Crippen LogP contribution in [0.1, 0.15) is 35.5 Å². The largest absolute Gasteiger partial charge is 0.465 e. The van der Waals surface area contributed by atoms with Crippen LogP contribution in [0.4, 0.5) is 0 Å². The fourth-order valence-corrected chi connectivity index (χ4v) is 2.03. The van der Waals surface area contributed by atoms with E-state index in [0.29, 0.717) is 11.3 Å². The molecule has 1 heterocycles. The molecule has 120 valence electrons. The molecule has 1 aromatic carbocycles. The lowest BCUT2D eigenvalue weighted by molar-refractivity contribution is -0.118. The predicted molar refractivity (Wildman–Crippen MR) is 88.6 cm³/mol. The summed E-state index contributed by atoms with van der Waals surface area (Å²) in [6, 6.07) is 10.6. The average Bonchev–Trinajstić information content (AvgIpc) is 2.99. The van der Waals surface area contributed by atoms with Gasteiger partial charge in [-0.25, -0.2) is 0 Å². The molecule has 0 aliphatic rings. The van der Waals surface area contributed by atoms with Gasteiger partial charge in [0.15, 0.2) is 0 Å². The summed E-state index contributed by atoms with van der Waals surface area (Å²) in [4.78, 5) is 24.7. The normalized spacial score (nSPS) is 11.4. The summed E-state index contributed by atoms with van der Waals surface area (Å²) in [5, 5.41) is 5.43. The van der Waals surface area contributed by atoms with E-state index in [9.17, 15) is 9.59 Å². The number of nitrogens with one attached hydrogen (secondary N) is 2. The van der Waals surface area contributed by atoms with Crippen molar-refractivity contribution in [3.05, 3.63) is 65.2 Å². The molecule has 0 bridgehead atoms. The highest BCUT2D eigenvalue weighted by Crippen LogP contribution is 2.10. The minimum absolute atomic E-state index is 0.0436. The van der Waals surface area contributed by atoms with Crippen molar-refractivity contribution in [2.45, 2.75) is 26.8 Å². The third kappa shape index (κ3) is 4.57. The minimum atomic E-state index is -0.363. The average molecular weight is 312 g/mol. The number of benzene rings is 1. The maximum absolute atomic E-state index is 12.4. The van der Waals surface area contributed by atoms with Crippen molar-refractivity contribution in [3.63, 3.8) is 0 Å². The van der Waals surface area contributed by atoms with Gasteiger partial charge in [-0.05, 0) is 44.5 Å². The molecule has 2 amide bonds. The summed E-state index contributed by atoms with van der Waals surface area (Å²) in [7, 11) is 0. The Labute approximate surface area is 135 Å². The van der Waals surface area contributed by atoms with Gasteiger partial charge in [0.2, 0.25) is 0 Å². The number of hydrogen-bond donors (Lipinski definition) is 2. The van der Waals surface area contributed by atoms with Crippen LogP contribution in [0.5, 0.6) is 0 Å². The van der Waals surface area contributed by atoms with Crippen LogP contribution in [0.15, 0.2) is 52.8 Å². The molecule has 2 rings (SSSR count). The Morgan fingerprint density at radius 1 is 1.13 bits per heavy atom. The third-order valence-corrected chi connectivity index (χ3v) is 3.13. The van der Waals surface area contributed by atoms with Gasteiger partial charge >= 0.3 is 0 Å². The van der Waals surface area contributed by atoms with Crippen LogP contribution in [-0.4, -0.2) is 17.9 Å². The second kappa shape index (κ2) is 7.45. The Morgan fingerprint density at radius 2 is 1.87 bits per heavy atom. The van der Waals surface area contributed by atoms with Crippen molar-refractivity contribution < 1.29 is 14.0 Å². The van der Waals surface area contributed by atoms with Crippen LogP contribution >= 0.6 is 0 Å². The molecule has 5 heteroatoms. The van der Waals surface area contributed by atoms with Gasteiger partial charge in [-0.2, -0.15) is 0 Å². The summed E-state index contributed by atoms with van der Waals surface area (Å²) in [5.74, 6) is -0.206. The Hall–Kier alpha value is -2.82. The predicted octanol–water partition coefficient (Wildman–Crippen LogP) is 2.88. The molecule has 0 atom stereocenters. The van der Waals surface area contributed by atoms with E-state index < -0.39 is 0 Å². The summed E-state index contributed by atoms with van der Waals surface area (Å²) < 4.78 is 5.22. The van der Waals surface area contributed by atoms with E-state index in [4.69, 9.17) is 4.42 Å². The zero-order valence-corrected chi connectivity index (χ0v) is 13.4. The zero-order chi connectivity index (χ0) is 16.8. The number of carbonyl (C=O) groups is 2. The molecule has 23 heavy (non-hydrogen) atoms. The van der Waals surface area contributed by atoms with Crippen molar-refractivity contribution in [3.8, 4) is 0 Å². The summed E-state index contributed by atoms with van der Waals surface area (Å²) in [5.41, 5.74) is 1.50. The van der Waals surface area contributed by atoms with Crippen LogP contribution in [0.25, 0.3) is 6.08 Å². The molecule has 5 nitrogen and oxygen atoms in total. The van der Waals surface area contributed by atoms with Gasteiger partial charge in [0, 0.05) is 17.7 Å². The monoisotopic (exact) mass is 312 g/mol. The first-order valence-electron chi connectivity index (χ1n) is 7.40. The summed E-state index contributed by atoms with van der Waals surface area (Å²) in [6.45, 7) is 5.55. The van der Waals surface area contributed by atoms with Gasteiger partial charge in [-0.3, -0.25) is 9.59 Å². The molecule has 1 aromatic heterocycles. The number of aryl methyl sites for hydroxylation is 1. The smallest absolute Gasteiger partial charge is 0.268 e. The molecule has 0 aliphatic heterocycles. The topological polar surface area (TPSA) is 71.3 Å². The fourth-order valence-electron chi connectivity index (χ4n) is 2.03. The molecule has 0 fully saturated rings. The van der Waals surface area contributed by atoms with Crippen molar-refractivity contribution in [2.75, 3.05) is 0 Å². The summed E-state index contributed by atoms with van der Waals surface area (Å²) >= 11 is 0. The van der Waals surface area contributed by atoms with Crippen LogP contribution in [0, 0.1) is 6.92 Å². The maximum atomic E-state index is 12.4. The van der Waals surface area contributed by atoms with Gasteiger partial charge in [0.1, 0.15) is 11.5 Å². The van der Waals surface area contributed by atoms with Gasteiger partial charge in [0.25, 0.3) is 11.8 Å². The number of carbonyl (C=O) groups excluding carboxylic acids is 2. The van der Waals surface area contributed by atoms with Gasteiger partial charge < -0.3 is 15.1 Å². The van der Waals surface area contributed by atoms with Gasteiger partial charge in [-0.15, -0.1) is 0 Å². The van der Waals surface area contributed by atoms with E-state index in [1.165, 1.54) is 12.3 Å². The van der Waals surface area contributed by atoms with E-state index in [1.807, 2.05) is 32.9 Å². The molecule has 0 aliphatic carbocycles. The van der Waals surface area contributed by atoms with Crippen LogP contribution in [0.3, 0.4) is 0 Å². The number of hydrogen-bond acceptors (Lipinski definition) is 3. The van der Waals surface area contributed by atoms with E-state index in [1.54, 1.807) is 24.3 Å². The van der Waals surface area contributed by atoms with E-state index in [-0.39, 0.29) is 23.6 Å². The van der Waals surface area contributed by atoms with Crippen molar-refractivity contribution in [1.29, 1.82) is 0 Å². The molecule has 2 aromatic rings. The molecule has 2 N–H and O–H groups in total. The highest BCUT2D eigenvalue weighted by Gasteiger charge is 2.16. The SMILES string of the molecule is Cc1ccccc1C(=O)N/C(=C\c1ccco1)C(=O)NC(C)C. The number of rotatable bonds is 5. The van der Waals surface area contributed by atoms with E-state index >= 15 is 0 Å². The highest BCUT2D eigenvalue weighted by molar-refractivity contribution is 6.05. The van der Waals surface area contributed by atoms with E-state index in [0.717, 1.165) is 5.56 Å². The Kier molecular flexibility index (Phi) is 5.36. The number of amides is 2. The molecule has 0 unspecified atom stereocenters. The molecular formula is C18H20N2O3. The molecule has 0 saturated carbocycles. The van der Waals surface area contributed by atoms with Gasteiger partial charge in [-0.1, -0.05) is 18.2 Å². The van der Waals surface area contributed by atoms with Crippen molar-refractivity contribution >= 4 is 17.9 Å². The third-order valence-electron chi connectivity index (χ3n) is 3.13. The molecular weight excluding hydrogens is 292 g/mol. The lowest BCUT2D eigenvalue weighted by Crippen LogP contribution is -2.38. The standard InChI is InChI=1S/C18H20N2O3/c1-12(2)19-18(22)16(11-14-8-6-10-23-14)20-17(21)15-9-5-4-7-13(15)3/h4-12H,1-3H3,(H,19,22)(H,20,21)/b16-11-. The van der Waals surface area contributed by atoms with Crippen LogP contribution in [-0.2, 0) is 4.79 Å². The highest BCUT2D eigenvalue weighted by atomic mass is 16.3. The fraction of sp³-hybridized carbons (Fsp3) is 0.222. The molecule has 0 radical (unpaired) electrons. The molecule has 0 saturated heterocycles. The second-order valence-electron chi connectivity index (χ2n) is 5.47. The number of furan rings is 1. The second-order valence-corrected chi connectivity index (χ2v) is 5.47. The Morgan fingerprint density at radius 3 is 2.48 bits per heavy atom. The van der Waals surface area contributed by atoms with Crippen molar-refractivity contribution in [1.82, 2.24) is 10.6 Å². The van der Waals surface area contributed by atoms with Crippen LogP contribution in [0.2, 0.25) is 0 Å². The van der Waals surface area contributed by atoms with E-state index in [2.05, 4.69) is 10.6 Å². The molecule has 0 spiro atoms. The lowest BCUT2D eigenvalue weighted by Gasteiger charge is -2.13. The summed E-state index contributed by atoms with van der Waals surface area (Å²) in [6.07, 6.45) is 3.01. The first kappa shape index (κ1) is 16.5. The Balaban J connectivity index is 2.26.